The monoisotopic (exact) mass is 324 g/mol. The number of fused-ring (bicyclic) bond motifs is 4. The maximum Gasteiger partial charge on any atom is 0.229 e. The van der Waals surface area contributed by atoms with Crippen LogP contribution < -0.4 is 5.32 Å². The Balaban J connectivity index is 1.56. The topological polar surface area (TPSA) is 73.1 Å². The van der Waals surface area contributed by atoms with Gasteiger partial charge < -0.3 is 14.5 Å². The fourth-order valence-corrected chi connectivity index (χ4v) is 3.76. The van der Waals surface area contributed by atoms with Crippen LogP contribution in [0.25, 0.3) is 22.2 Å². The van der Waals surface area contributed by atoms with Crippen LogP contribution in [0.15, 0.2) is 16.8 Å². The van der Waals surface area contributed by atoms with Gasteiger partial charge in [-0.3, -0.25) is 0 Å². The smallest absolute Gasteiger partial charge is 0.229 e. The van der Waals surface area contributed by atoms with Crippen LogP contribution in [0, 0.1) is 0 Å². The molecule has 0 saturated carbocycles. The highest BCUT2D eigenvalue weighted by molar-refractivity contribution is 6.04. The van der Waals surface area contributed by atoms with E-state index in [1.54, 1.807) is 6.33 Å². The molecule has 5 rings (SSSR count). The van der Waals surface area contributed by atoms with Gasteiger partial charge in [0.1, 0.15) is 11.8 Å². The molecule has 0 bridgehead atoms. The van der Waals surface area contributed by atoms with Gasteiger partial charge in [-0.25, -0.2) is 15.0 Å². The maximum atomic E-state index is 6.03. The van der Waals surface area contributed by atoms with E-state index in [9.17, 15) is 0 Å². The van der Waals surface area contributed by atoms with E-state index in [0.717, 1.165) is 55.6 Å². The van der Waals surface area contributed by atoms with Crippen LogP contribution in [0.3, 0.4) is 0 Å². The molecule has 1 aliphatic heterocycles. The Morgan fingerprint density at radius 3 is 3.04 bits per heavy atom. The van der Waals surface area contributed by atoms with Crippen LogP contribution in [0.2, 0.25) is 0 Å². The van der Waals surface area contributed by atoms with E-state index in [1.165, 1.54) is 24.1 Å². The van der Waals surface area contributed by atoms with E-state index < -0.39 is 0 Å². The molecular formula is C18H20N4O2. The summed E-state index contributed by atoms with van der Waals surface area (Å²) in [5.74, 6) is 0.728. The Hall–Kier alpha value is -2.21. The van der Waals surface area contributed by atoms with Crippen molar-refractivity contribution in [2.24, 2.45) is 0 Å². The van der Waals surface area contributed by atoms with Crippen molar-refractivity contribution in [3.8, 4) is 0 Å². The second kappa shape index (κ2) is 5.70. The van der Waals surface area contributed by atoms with E-state index in [0.29, 0.717) is 11.3 Å². The number of ether oxygens (including phenoxy) is 1. The molecule has 124 valence electrons. The summed E-state index contributed by atoms with van der Waals surface area (Å²) in [5, 5.41) is 4.36. The van der Waals surface area contributed by atoms with E-state index in [2.05, 4.69) is 21.4 Å². The van der Waals surface area contributed by atoms with Gasteiger partial charge in [-0.2, -0.15) is 0 Å². The van der Waals surface area contributed by atoms with Crippen molar-refractivity contribution in [2.75, 3.05) is 18.5 Å². The first-order chi connectivity index (χ1) is 11.9. The lowest BCUT2D eigenvalue weighted by Gasteiger charge is -2.13. The molecule has 0 radical (unpaired) electrons. The average molecular weight is 324 g/mol. The summed E-state index contributed by atoms with van der Waals surface area (Å²) >= 11 is 0. The van der Waals surface area contributed by atoms with Crippen molar-refractivity contribution >= 4 is 28.0 Å². The summed E-state index contributed by atoms with van der Waals surface area (Å²) in [7, 11) is 0. The number of hydrogen-bond donors (Lipinski definition) is 1. The molecule has 1 saturated heterocycles. The van der Waals surface area contributed by atoms with Crippen LogP contribution in [-0.2, 0) is 17.6 Å². The lowest BCUT2D eigenvalue weighted by Crippen LogP contribution is -2.19. The highest BCUT2D eigenvalue weighted by Gasteiger charge is 2.20. The highest BCUT2D eigenvalue weighted by Crippen LogP contribution is 2.32. The molecule has 1 N–H and O–H groups in total. The summed E-state index contributed by atoms with van der Waals surface area (Å²) in [6, 6.07) is 2.21. The summed E-state index contributed by atoms with van der Waals surface area (Å²) in [6.07, 6.45) is 8.65. The fourth-order valence-electron chi connectivity index (χ4n) is 3.76. The third-order valence-electron chi connectivity index (χ3n) is 5.04. The zero-order chi connectivity index (χ0) is 15.9. The molecule has 0 amide bonds. The Kier molecular flexibility index (Phi) is 3.36. The summed E-state index contributed by atoms with van der Waals surface area (Å²) in [6.45, 7) is 1.60. The SMILES string of the molecule is c1nc(NCC2CCCO2)c2oc3nc4c(cc3c2n1)CCCC4. The lowest BCUT2D eigenvalue weighted by atomic mass is 9.95. The normalized spacial score (nSPS) is 20.6. The first kappa shape index (κ1) is 14.2. The molecule has 1 aliphatic carbocycles. The Morgan fingerprint density at radius 2 is 2.12 bits per heavy atom. The van der Waals surface area contributed by atoms with Crippen molar-refractivity contribution in [3.05, 3.63) is 23.7 Å². The number of nitrogens with one attached hydrogen (secondary N) is 1. The van der Waals surface area contributed by atoms with Gasteiger partial charge in [0.25, 0.3) is 0 Å². The zero-order valence-electron chi connectivity index (χ0n) is 13.5. The highest BCUT2D eigenvalue weighted by atomic mass is 16.5. The van der Waals surface area contributed by atoms with E-state index in [-0.39, 0.29) is 6.10 Å². The summed E-state index contributed by atoms with van der Waals surface area (Å²) < 4.78 is 11.7. The van der Waals surface area contributed by atoms with Crippen molar-refractivity contribution in [3.63, 3.8) is 0 Å². The Bertz CT molecular complexity index is 899. The number of anilines is 1. The van der Waals surface area contributed by atoms with E-state index in [1.807, 2.05) is 0 Å². The maximum absolute atomic E-state index is 6.03. The quantitative estimate of drug-likeness (QED) is 0.797. The minimum absolute atomic E-state index is 0.254. The fraction of sp³-hybridized carbons (Fsp3) is 0.500. The van der Waals surface area contributed by atoms with Crippen molar-refractivity contribution in [1.82, 2.24) is 15.0 Å². The lowest BCUT2D eigenvalue weighted by molar-refractivity contribution is 0.120. The molecule has 1 unspecified atom stereocenters. The van der Waals surface area contributed by atoms with E-state index in [4.69, 9.17) is 14.1 Å². The van der Waals surface area contributed by atoms with Gasteiger partial charge in [0.2, 0.25) is 5.71 Å². The minimum Gasteiger partial charge on any atom is -0.432 e. The van der Waals surface area contributed by atoms with Gasteiger partial charge in [-0.1, -0.05) is 0 Å². The largest absolute Gasteiger partial charge is 0.432 e. The molecule has 4 heterocycles. The summed E-state index contributed by atoms with van der Waals surface area (Å²) in [4.78, 5) is 13.5. The first-order valence-electron chi connectivity index (χ1n) is 8.80. The number of aromatic nitrogens is 3. The predicted octanol–water partition coefficient (Wildman–Crippen LogP) is 3.24. The molecule has 3 aromatic heterocycles. The number of furan rings is 1. The molecule has 0 spiro atoms. The molecule has 6 nitrogen and oxygen atoms in total. The van der Waals surface area contributed by atoms with Crippen LogP contribution in [0.4, 0.5) is 5.82 Å². The predicted molar refractivity (Wildman–Crippen MR) is 91.2 cm³/mol. The van der Waals surface area contributed by atoms with Gasteiger partial charge in [0, 0.05) is 18.8 Å². The molecule has 2 aliphatic rings. The van der Waals surface area contributed by atoms with Gasteiger partial charge in [-0.15, -0.1) is 0 Å². The molecular weight excluding hydrogens is 304 g/mol. The van der Waals surface area contributed by atoms with Crippen molar-refractivity contribution in [2.45, 2.75) is 44.6 Å². The first-order valence-corrected chi connectivity index (χ1v) is 8.80. The molecule has 1 fully saturated rings. The van der Waals surface area contributed by atoms with Crippen LogP contribution >= 0.6 is 0 Å². The molecule has 3 aromatic rings. The van der Waals surface area contributed by atoms with Gasteiger partial charge in [0.05, 0.1) is 11.5 Å². The molecule has 6 heteroatoms. The Labute approximate surface area is 139 Å². The number of hydrogen-bond acceptors (Lipinski definition) is 6. The standard InChI is InChI=1S/C18H20N4O2/c1-2-6-14-11(4-1)8-13-15-16(24-18(13)22-14)17(21-10-20-15)19-9-12-5-3-7-23-12/h8,10,12H,1-7,9H2,(H,19,20,21). The Morgan fingerprint density at radius 1 is 1.17 bits per heavy atom. The third-order valence-corrected chi connectivity index (χ3v) is 5.04. The number of rotatable bonds is 3. The van der Waals surface area contributed by atoms with Crippen LogP contribution in [0.1, 0.15) is 36.9 Å². The minimum atomic E-state index is 0.254. The molecule has 0 aromatic carbocycles. The number of nitrogens with zero attached hydrogens (tertiary/aromatic N) is 3. The molecule has 1 atom stereocenters. The average Bonchev–Trinajstić information content (AvgIpc) is 3.25. The zero-order valence-corrected chi connectivity index (χ0v) is 13.5. The van der Waals surface area contributed by atoms with Gasteiger partial charge in [0.15, 0.2) is 11.4 Å². The summed E-state index contributed by atoms with van der Waals surface area (Å²) in [5.41, 5.74) is 4.72. The van der Waals surface area contributed by atoms with Crippen molar-refractivity contribution < 1.29 is 9.15 Å². The second-order valence-electron chi connectivity index (χ2n) is 6.67. The van der Waals surface area contributed by atoms with Crippen molar-refractivity contribution in [1.29, 1.82) is 0 Å². The van der Waals surface area contributed by atoms with Gasteiger partial charge >= 0.3 is 0 Å². The van der Waals surface area contributed by atoms with E-state index >= 15 is 0 Å². The second-order valence-corrected chi connectivity index (χ2v) is 6.67. The number of pyridine rings is 1. The third kappa shape index (κ3) is 2.33. The van der Waals surface area contributed by atoms with Gasteiger partial charge in [-0.05, 0) is 50.2 Å². The van der Waals surface area contributed by atoms with Crippen LogP contribution in [-0.4, -0.2) is 34.2 Å². The number of aryl methyl sites for hydroxylation is 2. The van der Waals surface area contributed by atoms with Crippen LogP contribution in [0.5, 0.6) is 0 Å². The molecule has 24 heavy (non-hydrogen) atoms.